The van der Waals surface area contributed by atoms with Crippen molar-refractivity contribution in [3.05, 3.63) is 105 Å². The van der Waals surface area contributed by atoms with E-state index in [1.165, 1.54) is 28.0 Å². The van der Waals surface area contributed by atoms with Crippen LogP contribution in [0, 0.1) is 0 Å². The van der Waals surface area contributed by atoms with Crippen molar-refractivity contribution in [1.29, 1.82) is 0 Å². The van der Waals surface area contributed by atoms with E-state index in [1.807, 2.05) is 78.2 Å². The number of carbonyl (C=O) groups excluding carboxylic acids is 3. The third-order valence-corrected chi connectivity index (χ3v) is 8.31. The van der Waals surface area contributed by atoms with Crippen LogP contribution in [0.2, 0.25) is 0 Å². The predicted octanol–water partition coefficient (Wildman–Crippen LogP) is 3.27. The number of thioether (sulfide) groups is 1. The minimum absolute atomic E-state index is 0.0619. The number of benzene rings is 2. The van der Waals surface area contributed by atoms with Gasteiger partial charge in [0.2, 0.25) is 5.91 Å². The molecule has 184 valence electrons. The summed E-state index contributed by atoms with van der Waals surface area (Å²) in [6, 6.07) is 21.7. The van der Waals surface area contributed by atoms with E-state index in [1.54, 1.807) is 0 Å². The lowest BCUT2D eigenvalue weighted by molar-refractivity contribution is -0.154. The highest BCUT2D eigenvalue weighted by atomic mass is 32.2. The number of nitrogens with one attached hydrogen (secondary N) is 1. The maximum absolute atomic E-state index is 13.5. The lowest BCUT2D eigenvalue weighted by Crippen LogP contribution is -2.70. The van der Waals surface area contributed by atoms with Crippen LogP contribution in [-0.4, -0.2) is 51.6 Å². The van der Waals surface area contributed by atoms with E-state index in [0.717, 1.165) is 16.0 Å². The van der Waals surface area contributed by atoms with Crippen LogP contribution >= 0.6 is 23.1 Å². The molecule has 1 fully saturated rings. The number of ether oxygens (including phenoxy) is 1. The molecular weight excluding hydrogens is 496 g/mol. The molecule has 1 unspecified atom stereocenters. The first-order valence-electron chi connectivity index (χ1n) is 11.5. The third kappa shape index (κ3) is 4.82. The Bertz CT molecular complexity index is 1240. The summed E-state index contributed by atoms with van der Waals surface area (Å²) in [5.74, 6) is -0.960. The molecule has 0 aliphatic carbocycles. The fraction of sp³-hybridized carbons (Fsp3) is 0.222. The second kappa shape index (κ2) is 10.7. The minimum atomic E-state index is -0.732. The van der Waals surface area contributed by atoms with Crippen LogP contribution < -0.4 is 5.32 Å². The number of aliphatic hydroxyl groups is 1. The number of esters is 1. The lowest BCUT2D eigenvalue weighted by atomic mass is 10.0. The van der Waals surface area contributed by atoms with Gasteiger partial charge in [-0.3, -0.25) is 14.5 Å². The van der Waals surface area contributed by atoms with E-state index in [-0.39, 0.29) is 30.5 Å². The molecule has 1 saturated heterocycles. The quantitative estimate of drug-likeness (QED) is 0.350. The van der Waals surface area contributed by atoms with Crippen molar-refractivity contribution >= 4 is 40.9 Å². The highest BCUT2D eigenvalue weighted by molar-refractivity contribution is 8.00. The fourth-order valence-corrected chi connectivity index (χ4v) is 6.37. The molecule has 2 N–H and O–H groups in total. The summed E-state index contributed by atoms with van der Waals surface area (Å²) in [5.41, 5.74) is 2.07. The highest BCUT2D eigenvalue weighted by Gasteiger charge is 2.54. The topological polar surface area (TPSA) is 95.9 Å². The molecular formula is C27H24N2O5S2. The molecule has 2 amide bonds. The molecule has 9 heteroatoms. The highest BCUT2D eigenvalue weighted by Crippen LogP contribution is 2.41. The number of rotatable bonds is 8. The number of hydrogen-bond acceptors (Lipinski definition) is 7. The van der Waals surface area contributed by atoms with Crippen LogP contribution in [0.25, 0.3) is 0 Å². The smallest absolute Gasteiger partial charge is 0.356 e. The number of hydrogen-bond donors (Lipinski definition) is 2. The van der Waals surface area contributed by atoms with Gasteiger partial charge in [-0.25, -0.2) is 4.79 Å². The van der Waals surface area contributed by atoms with Gasteiger partial charge >= 0.3 is 5.97 Å². The van der Waals surface area contributed by atoms with Gasteiger partial charge in [0.1, 0.15) is 17.1 Å². The Kier molecular flexibility index (Phi) is 7.22. The molecule has 0 radical (unpaired) electrons. The van der Waals surface area contributed by atoms with Crippen molar-refractivity contribution in [2.45, 2.75) is 23.9 Å². The van der Waals surface area contributed by atoms with Gasteiger partial charge in [0.05, 0.1) is 13.0 Å². The molecule has 7 nitrogen and oxygen atoms in total. The Morgan fingerprint density at radius 2 is 1.69 bits per heavy atom. The number of aliphatic hydroxyl groups excluding tert-OH is 1. The fourth-order valence-electron chi connectivity index (χ4n) is 4.34. The number of nitrogens with zero attached hydrogens (tertiary/aromatic N) is 1. The zero-order chi connectivity index (χ0) is 25.1. The summed E-state index contributed by atoms with van der Waals surface area (Å²) >= 11 is 2.89. The molecule has 3 aromatic rings. The maximum atomic E-state index is 13.5. The van der Waals surface area contributed by atoms with Crippen molar-refractivity contribution in [3.8, 4) is 0 Å². The van der Waals surface area contributed by atoms with Crippen molar-refractivity contribution in [3.63, 3.8) is 0 Å². The Balaban J connectivity index is 1.36. The van der Waals surface area contributed by atoms with Gasteiger partial charge in [0.15, 0.2) is 6.10 Å². The van der Waals surface area contributed by atoms with Crippen LogP contribution in [0.3, 0.4) is 0 Å². The predicted molar refractivity (Wildman–Crippen MR) is 138 cm³/mol. The molecule has 2 atom stereocenters. The number of fused-ring (bicyclic) bond motifs is 1. The van der Waals surface area contributed by atoms with E-state index < -0.39 is 23.5 Å². The van der Waals surface area contributed by atoms with E-state index in [9.17, 15) is 19.5 Å². The molecule has 5 rings (SSSR count). The largest absolute Gasteiger partial charge is 0.448 e. The van der Waals surface area contributed by atoms with Crippen molar-refractivity contribution < 1.29 is 24.2 Å². The van der Waals surface area contributed by atoms with Crippen molar-refractivity contribution in [2.75, 3.05) is 12.4 Å². The number of thiophene rings is 1. The van der Waals surface area contributed by atoms with Crippen LogP contribution in [0.15, 0.2) is 89.4 Å². The van der Waals surface area contributed by atoms with E-state index in [0.29, 0.717) is 11.3 Å². The van der Waals surface area contributed by atoms with E-state index >= 15 is 0 Å². The molecule has 2 aromatic carbocycles. The van der Waals surface area contributed by atoms with Crippen LogP contribution in [0.5, 0.6) is 0 Å². The Morgan fingerprint density at radius 3 is 2.28 bits per heavy atom. The second-order valence-corrected chi connectivity index (χ2v) is 10.6. The summed E-state index contributed by atoms with van der Waals surface area (Å²) in [7, 11) is 0. The standard InChI is InChI=1S/C27H24N2O5S2/c30-15-19-16-36-26-22(28-21(31)14-20-12-7-13-35-20)25(32)29(26)23(19)27(33)34-24(17-8-3-1-4-9-17)18-10-5-2-6-11-18/h1-13,22,24,26,30H,14-16H2,(H,28,31)/t22?,26-/m1/s1. The monoisotopic (exact) mass is 520 g/mol. The zero-order valence-corrected chi connectivity index (χ0v) is 20.8. The van der Waals surface area contributed by atoms with Crippen molar-refractivity contribution in [1.82, 2.24) is 10.2 Å². The Morgan fingerprint density at radius 1 is 1.03 bits per heavy atom. The zero-order valence-electron chi connectivity index (χ0n) is 19.2. The van der Waals surface area contributed by atoms with Gasteiger partial charge < -0.3 is 15.2 Å². The molecule has 0 saturated carbocycles. The molecule has 3 heterocycles. The second-order valence-electron chi connectivity index (χ2n) is 8.43. The maximum Gasteiger partial charge on any atom is 0.356 e. The molecule has 0 spiro atoms. The first-order valence-corrected chi connectivity index (χ1v) is 13.4. The Labute approximate surface area is 216 Å². The summed E-state index contributed by atoms with van der Waals surface area (Å²) in [6.07, 6.45) is -0.487. The van der Waals surface area contributed by atoms with E-state index in [2.05, 4.69) is 5.32 Å². The van der Waals surface area contributed by atoms with Gasteiger partial charge in [-0.15, -0.1) is 23.1 Å². The SMILES string of the molecule is O=C(Cc1cccs1)NC1C(=O)N2C(C(=O)OC(c3ccccc3)c3ccccc3)=C(CO)CS[C@H]12. The molecule has 1 aromatic heterocycles. The first kappa shape index (κ1) is 24.3. The first-order chi connectivity index (χ1) is 17.6. The molecule has 2 aliphatic heterocycles. The van der Waals surface area contributed by atoms with Gasteiger partial charge in [-0.05, 0) is 28.1 Å². The van der Waals surface area contributed by atoms with Gasteiger partial charge in [-0.1, -0.05) is 66.7 Å². The summed E-state index contributed by atoms with van der Waals surface area (Å²) in [4.78, 5) is 41.4. The summed E-state index contributed by atoms with van der Waals surface area (Å²) in [5, 5.41) is 14.2. The average molecular weight is 521 g/mol. The van der Waals surface area contributed by atoms with Crippen LogP contribution in [0.1, 0.15) is 22.1 Å². The molecule has 0 bridgehead atoms. The number of β-lactam (4-membered cyclic amide) rings is 1. The Hall–Kier alpha value is -3.40. The average Bonchev–Trinajstić information content (AvgIpc) is 3.43. The third-order valence-electron chi connectivity index (χ3n) is 6.09. The van der Waals surface area contributed by atoms with Gasteiger partial charge in [-0.2, -0.15) is 0 Å². The minimum Gasteiger partial charge on any atom is -0.448 e. The van der Waals surface area contributed by atoms with E-state index in [4.69, 9.17) is 4.74 Å². The van der Waals surface area contributed by atoms with Gasteiger partial charge in [0, 0.05) is 10.6 Å². The van der Waals surface area contributed by atoms with Crippen molar-refractivity contribution in [2.24, 2.45) is 0 Å². The van der Waals surface area contributed by atoms with Crippen LogP contribution in [-0.2, 0) is 25.5 Å². The summed E-state index contributed by atoms with van der Waals surface area (Å²) < 4.78 is 5.98. The van der Waals surface area contributed by atoms with Crippen LogP contribution in [0.4, 0.5) is 0 Å². The molecule has 36 heavy (non-hydrogen) atoms. The number of amides is 2. The van der Waals surface area contributed by atoms with Gasteiger partial charge in [0.25, 0.3) is 5.91 Å². The normalized spacial score (nSPS) is 19.1. The number of carbonyl (C=O) groups is 3. The summed E-state index contributed by atoms with van der Waals surface area (Å²) in [6.45, 7) is -0.370. The molecule has 2 aliphatic rings. The lowest BCUT2D eigenvalue weighted by Gasteiger charge is -2.49.